The average Bonchev–Trinajstić information content (AvgIpc) is 3.19. The van der Waals surface area contributed by atoms with E-state index in [0.717, 1.165) is 10.0 Å². The van der Waals surface area contributed by atoms with Crippen LogP contribution in [-0.2, 0) is 16.9 Å². The SMILES string of the molecule is CC(C)(C(=O)Nc1cnn(Cc2ccc(Cl)cc2)c1)n1cc(Br)cn1. The number of carbonyl (C=O) groups excluding carboxylic acids is 1. The van der Waals surface area contributed by atoms with Crippen LogP contribution in [0.15, 0.2) is 53.5 Å². The molecule has 0 aliphatic rings. The van der Waals surface area contributed by atoms with Gasteiger partial charge in [-0.15, -0.1) is 0 Å². The molecule has 2 aromatic heterocycles. The number of anilines is 1. The number of halogens is 2. The zero-order valence-electron chi connectivity index (χ0n) is 13.8. The highest BCUT2D eigenvalue weighted by atomic mass is 79.9. The van der Waals surface area contributed by atoms with Gasteiger partial charge in [0.25, 0.3) is 5.91 Å². The molecule has 0 saturated carbocycles. The minimum absolute atomic E-state index is 0.172. The number of nitrogens with zero attached hydrogens (tertiary/aromatic N) is 4. The van der Waals surface area contributed by atoms with Crippen molar-refractivity contribution in [3.05, 3.63) is 64.1 Å². The quantitative estimate of drug-likeness (QED) is 0.678. The maximum Gasteiger partial charge on any atom is 0.251 e. The van der Waals surface area contributed by atoms with Crippen molar-refractivity contribution < 1.29 is 4.79 Å². The molecule has 0 aliphatic heterocycles. The molecular weight excluding hydrogens is 406 g/mol. The van der Waals surface area contributed by atoms with Gasteiger partial charge in [0, 0.05) is 17.4 Å². The van der Waals surface area contributed by atoms with E-state index in [1.807, 2.05) is 24.3 Å². The normalized spacial score (nSPS) is 11.5. The van der Waals surface area contributed by atoms with Crippen LogP contribution in [0.3, 0.4) is 0 Å². The minimum Gasteiger partial charge on any atom is -0.321 e. The number of nitrogens with one attached hydrogen (secondary N) is 1. The molecule has 0 fully saturated rings. The van der Waals surface area contributed by atoms with E-state index in [4.69, 9.17) is 11.6 Å². The molecule has 3 rings (SSSR count). The Morgan fingerprint density at radius 3 is 2.56 bits per heavy atom. The highest BCUT2D eigenvalue weighted by Crippen LogP contribution is 2.20. The van der Waals surface area contributed by atoms with Gasteiger partial charge in [-0.2, -0.15) is 10.2 Å². The Balaban J connectivity index is 1.68. The van der Waals surface area contributed by atoms with Crippen molar-refractivity contribution in [3.63, 3.8) is 0 Å². The fraction of sp³-hybridized carbons (Fsp3) is 0.235. The van der Waals surface area contributed by atoms with Crippen molar-refractivity contribution in [2.45, 2.75) is 25.9 Å². The number of amides is 1. The minimum atomic E-state index is -0.829. The number of rotatable bonds is 5. The Bertz CT molecular complexity index is 885. The Morgan fingerprint density at radius 1 is 1.20 bits per heavy atom. The molecule has 0 unspecified atom stereocenters. The van der Waals surface area contributed by atoms with E-state index in [1.165, 1.54) is 0 Å². The summed E-state index contributed by atoms with van der Waals surface area (Å²) in [6.45, 7) is 4.21. The van der Waals surface area contributed by atoms with Crippen LogP contribution in [-0.4, -0.2) is 25.5 Å². The van der Waals surface area contributed by atoms with Crippen LogP contribution >= 0.6 is 27.5 Å². The van der Waals surface area contributed by atoms with Crippen LogP contribution in [0.4, 0.5) is 5.69 Å². The summed E-state index contributed by atoms with van der Waals surface area (Å²) < 4.78 is 4.20. The number of hydrogen-bond acceptors (Lipinski definition) is 3. The Kier molecular flexibility index (Phi) is 4.96. The third-order valence-electron chi connectivity index (χ3n) is 3.83. The van der Waals surface area contributed by atoms with Crippen molar-refractivity contribution in [2.24, 2.45) is 0 Å². The molecule has 0 bridgehead atoms. The molecule has 130 valence electrons. The lowest BCUT2D eigenvalue weighted by molar-refractivity contribution is -0.123. The summed E-state index contributed by atoms with van der Waals surface area (Å²) in [7, 11) is 0. The average molecular weight is 423 g/mol. The lowest BCUT2D eigenvalue weighted by Crippen LogP contribution is -2.40. The molecular formula is C17H17BrClN5O. The molecule has 1 N–H and O–H groups in total. The van der Waals surface area contributed by atoms with Crippen molar-refractivity contribution in [1.82, 2.24) is 19.6 Å². The first-order chi connectivity index (χ1) is 11.8. The molecule has 8 heteroatoms. The highest BCUT2D eigenvalue weighted by Gasteiger charge is 2.30. The van der Waals surface area contributed by atoms with Crippen molar-refractivity contribution in [1.29, 1.82) is 0 Å². The second kappa shape index (κ2) is 7.01. The van der Waals surface area contributed by atoms with Gasteiger partial charge in [0.15, 0.2) is 0 Å². The second-order valence-electron chi connectivity index (χ2n) is 6.17. The molecule has 3 aromatic rings. The molecule has 0 radical (unpaired) electrons. The van der Waals surface area contributed by atoms with Gasteiger partial charge in [-0.1, -0.05) is 23.7 Å². The monoisotopic (exact) mass is 421 g/mol. The smallest absolute Gasteiger partial charge is 0.251 e. The predicted octanol–water partition coefficient (Wildman–Crippen LogP) is 3.92. The van der Waals surface area contributed by atoms with Gasteiger partial charge in [0.05, 0.1) is 29.1 Å². The van der Waals surface area contributed by atoms with Crippen LogP contribution in [0.1, 0.15) is 19.4 Å². The zero-order chi connectivity index (χ0) is 18.0. The molecule has 0 aliphatic carbocycles. The van der Waals surface area contributed by atoms with Gasteiger partial charge >= 0.3 is 0 Å². The molecule has 0 spiro atoms. The number of carbonyl (C=O) groups is 1. The Morgan fingerprint density at radius 2 is 1.92 bits per heavy atom. The summed E-state index contributed by atoms with van der Waals surface area (Å²) in [5.74, 6) is -0.172. The number of aromatic nitrogens is 4. The topological polar surface area (TPSA) is 64.7 Å². The summed E-state index contributed by atoms with van der Waals surface area (Å²) >= 11 is 9.23. The van der Waals surface area contributed by atoms with E-state index < -0.39 is 5.54 Å². The van der Waals surface area contributed by atoms with Crippen LogP contribution < -0.4 is 5.32 Å². The Labute approximate surface area is 158 Å². The molecule has 6 nitrogen and oxygen atoms in total. The van der Waals surface area contributed by atoms with Crippen LogP contribution in [0.5, 0.6) is 0 Å². The number of benzene rings is 1. The summed E-state index contributed by atoms with van der Waals surface area (Å²) in [5, 5.41) is 12.1. The van der Waals surface area contributed by atoms with Gasteiger partial charge in [-0.05, 0) is 47.5 Å². The van der Waals surface area contributed by atoms with Gasteiger partial charge in [0.2, 0.25) is 0 Å². The van der Waals surface area contributed by atoms with E-state index in [-0.39, 0.29) is 5.91 Å². The molecule has 0 saturated heterocycles. The summed E-state index contributed by atoms with van der Waals surface area (Å²) in [6, 6.07) is 7.57. The molecule has 0 atom stereocenters. The summed E-state index contributed by atoms with van der Waals surface area (Å²) in [4.78, 5) is 12.6. The summed E-state index contributed by atoms with van der Waals surface area (Å²) in [6.07, 6.45) is 6.84. The molecule has 1 aromatic carbocycles. The van der Waals surface area contributed by atoms with Gasteiger partial charge in [0.1, 0.15) is 5.54 Å². The molecule has 2 heterocycles. The number of hydrogen-bond donors (Lipinski definition) is 1. The third kappa shape index (κ3) is 4.11. The second-order valence-corrected chi connectivity index (χ2v) is 7.52. The van der Waals surface area contributed by atoms with Crippen molar-refractivity contribution >= 4 is 39.1 Å². The van der Waals surface area contributed by atoms with E-state index in [9.17, 15) is 4.79 Å². The molecule has 1 amide bonds. The van der Waals surface area contributed by atoms with Crippen LogP contribution in [0.2, 0.25) is 5.02 Å². The zero-order valence-corrected chi connectivity index (χ0v) is 16.1. The van der Waals surface area contributed by atoms with Crippen molar-refractivity contribution in [2.75, 3.05) is 5.32 Å². The largest absolute Gasteiger partial charge is 0.321 e. The first-order valence-electron chi connectivity index (χ1n) is 7.63. The fourth-order valence-electron chi connectivity index (χ4n) is 2.29. The summed E-state index contributed by atoms with van der Waals surface area (Å²) in [5.41, 5.74) is 0.884. The van der Waals surface area contributed by atoms with Gasteiger partial charge in [-0.25, -0.2) is 0 Å². The molecule has 25 heavy (non-hydrogen) atoms. The van der Waals surface area contributed by atoms with Crippen LogP contribution in [0.25, 0.3) is 0 Å². The maximum atomic E-state index is 12.6. The first kappa shape index (κ1) is 17.7. The standard InChI is InChI=1S/C17H17BrClN5O/c1-17(2,24-10-13(18)7-21-24)16(25)22-15-8-20-23(11-15)9-12-3-5-14(19)6-4-12/h3-8,10-11H,9H2,1-2H3,(H,22,25). The lowest BCUT2D eigenvalue weighted by Gasteiger charge is -2.23. The predicted molar refractivity (Wildman–Crippen MR) is 101 cm³/mol. The third-order valence-corrected chi connectivity index (χ3v) is 4.49. The van der Waals surface area contributed by atoms with Crippen LogP contribution in [0, 0.1) is 0 Å². The van der Waals surface area contributed by atoms with Gasteiger partial charge in [-0.3, -0.25) is 14.2 Å². The Hall–Kier alpha value is -2.12. The van der Waals surface area contributed by atoms with E-state index >= 15 is 0 Å². The fourth-order valence-corrected chi connectivity index (χ4v) is 2.70. The van der Waals surface area contributed by atoms with Gasteiger partial charge < -0.3 is 5.32 Å². The van der Waals surface area contributed by atoms with E-state index in [2.05, 4.69) is 31.4 Å². The first-order valence-corrected chi connectivity index (χ1v) is 8.81. The highest BCUT2D eigenvalue weighted by molar-refractivity contribution is 9.10. The van der Waals surface area contributed by atoms with E-state index in [1.54, 1.807) is 48.0 Å². The maximum absolute atomic E-state index is 12.6. The van der Waals surface area contributed by atoms with E-state index in [0.29, 0.717) is 17.3 Å². The lowest BCUT2D eigenvalue weighted by atomic mass is 10.1. The van der Waals surface area contributed by atoms with Crippen molar-refractivity contribution in [3.8, 4) is 0 Å².